The SMILES string of the molecule is CC(O)C(C)C(=O)C(C(=O)O)C(O)C[N+](C)(C)C. The Morgan fingerprint density at radius 1 is 1.11 bits per heavy atom. The molecule has 0 radical (unpaired) electrons. The summed E-state index contributed by atoms with van der Waals surface area (Å²) in [5, 5.41) is 28.3. The molecule has 0 bridgehead atoms. The monoisotopic (exact) mass is 262 g/mol. The van der Waals surface area contributed by atoms with Gasteiger partial charge in [0.2, 0.25) is 0 Å². The lowest BCUT2D eigenvalue weighted by Gasteiger charge is -2.30. The van der Waals surface area contributed by atoms with E-state index in [2.05, 4.69) is 0 Å². The number of carboxylic acids is 1. The minimum atomic E-state index is -1.49. The van der Waals surface area contributed by atoms with E-state index in [1.165, 1.54) is 13.8 Å². The van der Waals surface area contributed by atoms with Crippen molar-refractivity contribution in [3.05, 3.63) is 0 Å². The molecule has 6 nitrogen and oxygen atoms in total. The van der Waals surface area contributed by atoms with Gasteiger partial charge in [0.05, 0.1) is 27.2 Å². The van der Waals surface area contributed by atoms with Gasteiger partial charge >= 0.3 is 5.97 Å². The average Bonchev–Trinajstić information content (AvgIpc) is 2.12. The van der Waals surface area contributed by atoms with Crippen LogP contribution in [-0.2, 0) is 9.59 Å². The third-order valence-corrected chi connectivity index (χ3v) is 2.86. The van der Waals surface area contributed by atoms with Gasteiger partial charge in [-0.15, -0.1) is 0 Å². The number of rotatable bonds is 7. The van der Waals surface area contributed by atoms with E-state index in [0.717, 1.165) is 0 Å². The van der Waals surface area contributed by atoms with Gasteiger partial charge in [0.15, 0.2) is 5.78 Å². The molecule has 0 aromatic heterocycles. The van der Waals surface area contributed by atoms with Crippen LogP contribution in [0, 0.1) is 11.8 Å². The molecule has 4 atom stereocenters. The normalized spacial score (nSPS) is 18.8. The number of carboxylic acid groups (broad SMARTS) is 1. The molecule has 0 fully saturated rings. The third-order valence-electron chi connectivity index (χ3n) is 2.86. The summed E-state index contributed by atoms with van der Waals surface area (Å²) in [7, 11) is 5.39. The van der Waals surface area contributed by atoms with Crippen molar-refractivity contribution in [2.75, 3.05) is 27.7 Å². The molecule has 3 N–H and O–H groups in total. The zero-order valence-electron chi connectivity index (χ0n) is 11.6. The fourth-order valence-corrected chi connectivity index (χ4v) is 1.66. The molecule has 106 valence electrons. The standard InChI is InChI=1S/C12H23NO5/c1-7(8(2)14)11(16)10(12(17)18)9(15)6-13(3,4)5/h7-10,14-15H,6H2,1-5H3/p+1. The fourth-order valence-electron chi connectivity index (χ4n) is 1.66. The first-order valence-electron chi connectivity index (χ1n) is 5.90. The molecule has 0 amide bonds. The number of aliphatic hydroxyl groups is 2. The summed E-state index contributed by atoms with van der Waals surface area (Å²) in [4.78, 5) is 23.1. The number of likely N-dealkylation sites (N-methyl/N-ethyl adjacent to an activating group) is 1. The highest BCUT2D eigenvalue weighted by Gasteiger charge is 2.39. The van der Waals surface area contributed by atoms with Crippen LogP contribution in [-0.4, -0.2) is 71.5 Å². The van der Waals surface area contributed by atoms with Crippen LogP contribution in [0.15, 0.2) is 0 Å². The van der Waals surface area contributed by atoms with Crippen LogP contribution in [0.3, 0.4) is 0 Å². The summed E-state index contributed by atoms with van der Waals surface area (Å²) in [6.07, 6.45) is -2.20. The fraction of sp³-hybridized carbons (Fsp3) is 0.833. The number of ketones is 1. The largest absolute Gasteiger partial charge is 0.481 e. The molecular formula is C12H24NO5+. The number of hydrogen-bond donors (Lipinski definition) is 3. The summed E-state index contributed by atoms with van der Waals surface area (Å²) < 4.78 is 0.348. The minimum Gasteiger partial charge on any atom is -0.481 e. The Morgan fingerprint density at radius 2 is 1.56 bits per heavy atom. The molecule has 0 aromatic carbocycles. The van der Waals surface area contributed by atoms with Gasteiger partial charge in [0.1, 0.15) is 18.6 Å². The smallest absolute Gasteiger partial charge is 0.316 e. The van der Waals surface area contributed by atoms with Gasteiger partial charge in [0, 0.05) is 5.92 Å². The maximum atomic E-state index is 11.9. The number of nitrogens with zero attached hydrogens (tertiary/aromatic N) is 1. The van der Waals surface area contributed by atoms with Gasteiger partial charge < -0.3 is 19.8 Å². The van der Waals surface area contributed by atoms with Gasteiger partial charge in [-0.05, 0) is 6.92 Å². The second kappa shape index (κ2) is 6.26. The molecule has 0 heterocycles. The predicted molar refractivity (Wildman–Crippen MR) is 65.9 cm³/mol. The van der Waals surface area contributed by atoms with Crippen molar-refractivity contribution in [3.63, 3.8) is 0 Å². The minimum absolute atomic E-state index is 0.148. The third kappa shape index (κ3) is 5.12. The molecule has 0 aromatic rings. The van der Waals surface area contributed by atoms with E-state index in [4.69, 9.17) is 5.11 Å². The maximum Gasteiger partial charge on any atom is 0.316 e. The van der Waals surface area contributed by atoms with E-state index >= 15 is 0 Å². The lowest BCUT2D eigenvalue weighted by atomic mass is 9.87. The summed E-state index contributed by atoms with van der Waals surface area (Å²) in [5.41, 5.74) is 0. The van der Waals surface area contributed by atoms with Gasteiger partial charge in [-0.2, -0.15) is 0 Å². The molecule has 18 heavy (non-hydrogen) atoms. The molecule has 0 spiro atoms. The molecule has 0 saturated carbocycles. The highest BCUT2D eigenvalue weighted by atomic mass is 16.4. The Balaban J connectivity index is 4.98. The Hall–Kier alpha value is -0.980. The number of aliphatic carboxylic acids is 1. The van der Waals surface area contributed by atoms with Crippen molar-refractivity contribution in [1.82, 2.24) is 0 Å². The molecule has 0 rings (SSSR count). The van der Waals surface area contributed by atoms with Crippen LogP contribution in [0.4, 0.5) is 0 Å². The van der Waals surface area contributed by atoms with Crippen molar-refractivity contribution >= 4 is 11.8 Å². The van der Waals surface area contributed by atoms with Gasteiger partial charge in [-0.3, -0.25) is 9.59 Å². The summed E-state index contributed by atoms with van der Waals surface area (Å²) >= 11 is 0. The van der Waals surface area contributed by atoms with E-state index < -0.39 is 35.8 Å². The van der Waals surface area contributed by atoms with Crippen LogP contribution in [0.5, 0.6) is 0 Å². The molecular weight excluding hydrogens is 238 g/mol. The molecule has 0 aliphatic rings. The number of carbonyl (C=O) groups is 2. The van der Waals surface area contributed by atoms with Crippen LogP contribution in [0.1, 0.15) is 13.8 Å². The number of hydrogen-bond acceptors (Lipinski definition) is 4. The first kappa shape index (κ1) is 17.0. The van der Waals surface area contributed by atoms with E-state index in [0.29, 0.717) is 4.48 Å². The highest BCUT2D eigenvalue weighted by Crippen LogP contribution is 2.17. The van der Waals surface area contributed by atoms with Crippen molar-refractivity contribution in [1.29, 1.82) is 0 Å². The Labute approximate surface area is 107 Å². The second-order valence-electron chi connectivity index (χ2n) is 5.79. The Kier molecular flexibility index (Phi) is 5.92. The van der Waals surface area contributed by atoms with E-state index in [1.54, 1.807) is 21.1 Å². The summed E-state index contributed by atoms with van der Waals surface area (Å²) in [6, 6.07) is 0. The number of aliphatic hydroxyl groups excluding tert-OH is 2. The van der Waals surface area contributed by atoms with Crippen molar-refractivity contribution in [2.24, 2.45) is 11.8 Å². The van der Waals surface area contributed by atoms with Crippen LogP contribution in [0.25, 0.3) is 0 Å². The average molecular weight is 262 g/mol. The van der Waals surface area contributed by atoms with Crippen molar-refractivity contribution < 1.29 is 29.4 Å². The lowest BCUT2D eigenvalue weighted by molar-refractivity contribution is -0.873. The number of Topliss-reactive ketones (excluding diaryl/α,β-unsaturated/α-hetero) is 1. The van der Waals surface area contributed by atoms with E-state index in [9.17, 15) is 19.8 Å². The maximum absolute atomic E-state index is 11.9. The molecule has 4 unspecified atom stereocenters. The van der Waals surface area contributed by atoms with Crippen LogP contribution < -0.4 is 0 Å². The first-order valence-corrected chi connectivity index (χ1v) is 5.90. The summed E-state index contributed by atoms with van der Waals surface area (Å²) in [5.74, 6) is -4.30. The molecule has 6 heteroatoms. The molecule has 0 aliphatic carbocycles. The first-order chi connectivity index (χ1) is 7.97. The zero-order chi connectivity index (χ0) is 14.7. The second-order valence-corrected chi connectivity index (χ2v) is 5.79. The number of quaternary nitrogens is 1. The zero-order valence-corrected chi connectivity index (χ0v) is 11.6. The van der Waals surface area contributed by atoms with Crippen molar-refractivity contribution in [3.8, 4) is 0 Å². The quantitative estimate of drug-likeness (QED) is 0.418. The van der Waals surface area contributed by atoms with Gasteiger partial charge in [0.25, 0.3) is 0 Å². The highest BCUT2D eigenvalue weighted by molar-refractivity contribution is 6.00. The predicted octanol–water partition coefficient (Wildman–Crippen LogP) is -0.660. The Bertz CT molecular complexity index is 308. The van der Waals surface area contributed by atoms with Crippen LogP contribution in [0.2, 0.25) is 0 Å². The molecule has 0 aliphatic heterocycles. The van der Waals surface area contributed by atoms with E-state index in [1.807, 2.05) is 0 Å². The van der Waals surface area contributed by atoms with Gasteiger partial charge in [-0.25, -0.2) is 0 Å². The van der Waals surface area contributed by atoms with Gasteiger partial charge in [-0.1, -0.05) is 6.92 Å². The summed E-state index contributed by atoms with van der Waals surface area (Å²) in [6.45, 7) is 3.03. The topological polar surface area (TPSA) is 94.8 Å². The number of carbonyl (C=O) groups excluding carboxylic acids is 1. The lowest BCUT2D eigenvalue weighted by Crippen LogP contribution is -2.49. The Morgan fingerprint density at radius 3 is 1.83 bits per heavy atom. The van der Waals surface area contributed by atoms with E-state index in [-0.39, 0.29) is 6.54 Å². The van der Waals surface area contributed by atoms with Crippen LogP contribution >= 0.6 is 0 Å². The van der Waals surface area contributed by atoms with Crippen molar-refractivity contribution in [2.45, 2.75) is 26.1 Å². The molecule has 0 saturated heterocycles.